The van der Waals surface area contributed by atoms with Gasteiger partial charge < -0.3 is 0 Å². The van der Waals surface area contributed by atoms with Gasteiger partial charge in [0.05, 0.1) is 6.42 Å². The van der Waals surface area contributed by atoms with Gasteiger partial charge in [-0.15, -0.1) is 0 Å². The Morgan fingerprint density at radius 1 is 1.13 bits per heavy atom. The maximum atomic E-state index is 14.2. The number of carbonyl (C=O) groups excluding carboxylic acids is 2. The predicted octanol–water partition coefficient (Wildman–Crippen LogP) is 2.84. The molecule has 1 saturated carbocycles. The predicted molar refractivity (Wildman–Crippen MR) is 56.4 cm³/mol. The number of rotatable bonds is 3. The minimum Gasteiger partial charge on any atom is -0.300 e. The molecule has 1 aliphatic rings. The summed E-state index contributed by atoms with van der Waals surface area (Å²) in [7, 11) is 0. The van der Waals surface area contributed by atoms with Crippen LogP contribution in [0.15, 0.2) is 0 Å². The molecule has 2 nitrogen and oxygen atoms in total. The Bertz CT molecular complexity index is 271. The van der Waals surface area contributed by atoms with Crippen molar-refractivity contribution in [3.05, 3.63) is 0 Å². The van der Waals surface area contributed by atoms with Gasteiger partial charge in [0.2, 0.25) is 0 Å². The summed E-state index contributed by atoms with van der Waals surface area (Å²) in [5, 5.41) is 0. The molecule has 0 amide bonds. The van der Waals surface area contributed by atoms with Crippen LogP contribution in [-0.2, 0) is 9.59 Å². The fourth-order valence-corrected chi connectivity index (χ4v) is 1.99. The van der Waals surface area contributed by atoms with E-state index in [4.69, 9.17) is 0 Å². The summed E-state index contributed by atoms with van der Waals surface area (Å²) in [4.78, 5) is 22.3. The average molecular weight is 214 g/mol. The number of Topliss-reactive ketones (excluding diaryl/α,β-unsaturated/α-hetero) is 2. The van der Waals surface area contributed by atoms with E-state index in [1.54, 1.807) is 0 Å². The second kappa shape index (κ2) is 4.03. The van der Waals surface area contributed by atoms with Crippen LogP contribution in [0, 0.1) is 5.41 Å². The van der Waals surface area contributed by atoms with Crippen LogP contribution < -0.4 is 0 Å². The Morgan fingerprint density at radius 3 is 2.00 bits per heavy atom. The summed E-state index contributed by atoms with van der Waals surface area (Å²) >= 11 is 0. The molecule has 0 heterocycles. The van der Waals surface area contributed by atoms with Gasteiger partial charge in [0, 0.05) is 0 Å². The normalized spacial score (nSPS) is 23.5. The number of hydrogen-bond acceptors (Lipinski definition) is 2. The van der Waals surface area contributed by atoms with Crippen LogP contribution in [0.25, 0.3) is 0 Å². The Morgan fingerprint density at radius 2 is 1.60 bits per heavy atom. The maximum Gasteiger partial charge on any atom is 0.177 e. The molecule has 0 bridgehead atoms. The van der Waals surface area contributed by atoms with Crippen LogP contribution >= 0.6 is 0 Å². The zero-order valence-corrected chi connectivity index (χ0v) is 9.73. The van der Waals surface area contributed by atoms with Gasteiger partial charge in [0.1, 0.15) is 5.78 Å². The Balaban J connectivity index is 2.62. The molecule has 0 aliphatic heterocycles. The fraction of sp³-hybridized carbons (Fsp3) is 0.833. The minimum atomic E-state index is -1.73. The Kier molecular flexibility index (Phi) is 3.31. The lowest BCUT2D eigenvalue weighted by molar-refractivity contribution is -0.137. The van der Waals surface area contributed by atoms with Gasteiger partial charge in [-0.25, -0.2) is 4.39 Å². The Labute approximate surface area is 90.2 Å². The number of ketones is 2. The lowest BCUT2D eigenvalue weighted by Crippen LogP contribution is -2.40. The molecule has 1 aliphatic carbocycles. The summed E-state index contributed by atoms with van der Waals surface area (Å²) < 4.78 is 14.2. The zero-order chi connectivity index (χ0) is 11.7. The van der Waals surface area contributed by atoms with Crippen molar-refractivity contribution in [2.75, 3.05) is 0 Å². The van der Waals surface area contributed by atoms with Crippen molar-refractivity contribution >= 4 is 11.6 Å². The van der Waals surface area contributed by atoms with Crippen LogP contribution in [0.2, 0.25) is 0 Å². The van der Waals surface area contributed by atoms with Crippen LogP contribution in [0.1, 0.15) is 52.9 Å². The molecule has 1 fully saturated rings. The van der Waals surface area contributed by atoms with Crippen LogP contribution in [0.4, 0.5) is 4.39 Å². The molecular formula is C12H19FO2. The molecule has 0 saturated heterocycles. The molecule has 0 unspecified atom stereocenters. The minimum absolute atomic E-state index is 0.131. The van der Waals surface area contributed by atoms with Crippen molar-refractivity contribution in [2.24, 2.45) is 5.41 Å². The molecule has 15 heavy (non-hydrogen) atoms. The first-order chi connectivity index (χ1) is 6.75. The van der Waals surface area contributed by atoms with Crippen molar-refractivity contribution in [1.29, 1.82) is 0 Å². The first kappa shape index (κ1) is 12.3. The summed E-state index contributed by atoms with van der Waals surface area (Å²) in [6, 6.07) is 0. The second-order valence-corrected chi connectivity index (χ2v) is 5.43. The fourth-order valence-electron chi connectivity index (χ4n) is 1.99. The van der Waals surface area contributed by atoms with E-state index >= 15 is 0 Å². The third-order valence-corrected chi connectivity index (χ3v) is 3.31. The van der Waals surface area contributed by atoms with E-state index in [-0.39, 0.29) is 30.5 Å². The molecule has 0 aromatic carbocycles. The van der Waals surface area contributed by atoms with E-state index in [9.17, 15) is 14.0 Å². The molecule has 0 spiro atoms. The van der Waals surface area contributed by atoms with E-state index in [2.05, 4.69) is 13.8 Å². The number of hydrogen-bond donors (Lipinski definition) is 0. The molecule has 0 atom stereocenters. The summed E-state index contributed by atoms with van der Waals surface area (Å²) in [6.45, 7) is 5.50. The highest BCUT2D eigenvalue weighted by atomic mass is 19.1. The van der Waals surface area contributed by atoms with E-state index in [1.165, 1.54) is 6.92 Å². The first-order valence-electron chi connectivity index (χ1n) is 5.47. The number of alkyl halides is 1. The van der Waals surface area contributed by atoms with Crippen molar-refractivity contribution in [3.63, 3.8) is 0 Å². The lowest BCUT2D eigenvalue weighted by Gasteiger charge is -2.37. The van der Waals surface area contributed by atoms with Crippen molar-refractivity contribution in [3.8, 4) is 0 Å². The van der Waals surface area contributed by atoms with Crippen LogP contribution in [0.3, 0.4) is 0 Å². The number of halogens is 1. The van der Waals surface area contributed by atoms with Crippen molar-refractivity contribution in [2.45, 2.75) is 58.5 Å². The smallest absolute Gasteiger partial charge is 0.177 e. The van der Waals surface area contributed by atoms with Gasteiger partial charge in [-0.1, -0.05) is 13.8 Å². The molecule has 1 rings (SSSR count). The molecule has 0 radical (unpaired) electrons. The first-order valence-corrected chi connectivity index (χ1v) is 5.47. The molecule has 86 valence electrons. The van der Waals surface area contributed by atoms with Crippen LogP contribution in [-0.4, -0.2) is 17.2 Å². The van der Waals surface area contributed by atoms with Gasteiger partial charge >= 0.3 is 0 Å². The monoisotopic (exact) mass is 214 g/mol. The molecule has 0 aromatic rings. The zero-order valence-electron chi connectivity index (χ0n) is 9.73. The van der Waals surface area contributed by atoms with Crippen molar-refractivity contribution in [1.82, 2.24) is 0 Å². The van der Waals surface area contributed by atoms with Gasteiger partial charge in [-0.3, -0.25) is 9.59 Å². The highest BCUT2D eigenvalue weighted by Gasteiger charge is 2.43. The third-order valence-electron chi connectivity index (χ3n) is 3.31. The highest BCUT2D eigenvalue weighted by molar-refractivity contribution is 6.02. The summed E-state index contributed by atoms with van der Waals surface area (Å²) in [5.41, 5.74) is -1.60. The average Bonchev–Trinajstić information content (AvgIpc) is 2.09. The van der Waals surface area contributed by atoms with Gasteiger partial charge in [0.25, 0.3) is 0 Å². The quantitative estimate of drug-likeness (QED) is 0.677. The largest absolute Gasteiger partial charge is 0.300 e. The summed E-state index contributed by atoms with van der Waals surface area (Å²) in [5.74, 6) is -0.771. The SMILES string of the molecule is CC(=O)CC(=O)C1(F)CCC(C)(C)CC1. The molecular weight excluding hydrogens is 195 g/mol. The topological polar surface area (TPSA) is 34.1 Å². The Hall–Kier alpha value is -0.730. The highest BCUT2D eigenvalue weighted by Crippen LogP contribution is 2.42. The molecule has 0 N–H and O–H groups in total. The summed E-state index contributed by atoms with van der Waals surface area (Å²) in [6.07, 6.45) is 1.72. The van der Waals surface area contributed by atoms with E-state index in [0.717, 1.165) is 0 Å². The molecule has 0 aromatic heterocycles. The molecule has 3 heteroatoms. The van der Waals surface area contributed by atoms with Gasteiger partial charge in [-0.05, 0) is 38.0 Å². The van der Waals surface area contributed by atoms with E-state index in [0.29, 0.717) is 12.8 Å². The third kappa shape index (κ3) is 3.11. The maximum absolute atomic E-state index is 14.2. The number of carbonyl (C=O) groups is 2. The van der Waals surface area contributed by atoms with Crippen molar-refractivity contribution < 1.29 is 14.0 Å². The van der Waals surface area contributed by atoms with Crippen LogP contribution in [0.5, 0.6) is 0 Å². The lowest BCUT2D eigenvalue weighted by atomic mass is 9.70. The van der Waals surface area contributed by atoms with E-state index < -0.39 is 11.5 Å². The van der Waals surface area contributed by atoms with Gasteiger partial charge in [-0.2, -0.15) is 0 Å². The standard InChI is InChI=1S/C12H19FO2/c1-9(14)8-10(15)12(13)6-4-11(2,3)5-7-12/h4-8H2,1-3H3. The van der Waals surface area contributed by atoms with Gasteiger partial charge in [0.15, 0.2) is 11.5 Å². The second-order valence-electron chi connectivity index (χ2n) is 5.43. The van der Waals surface area contributed by atoms with E-state index in [1.807, 2.05) is 0 Å².